The molecule has 1 amide bonds. The van der Waals surface area contributed by atoms with E-state index in [2.05, 4.69) is 18.3 Å². The summed E-state index contributed by atoms with van der Waals surface area (Å²) >= 11 is 5.91. The summed E-state index contributed by atoms with van der Waals surface area (Å²) in [6, 6.07) is 14.4. The second kappa shape index (κ2) is 10.9. The fraction of sp³-hybridized carbons (Fsp3) is 0.296. The first kappa shape index (κ1) is 25.3. The number of amides is 1. The maximum Gasteiger partial charge on any atom is 0.270 e. The highest BCUT2D eigenvalue weighted by Crippen LogP contribution is 2.36. The fourth-order valence-corrected chi connectivity index (χ4v) is 4.71. The van der Waals surface area contributed by atoms with Gasteiger partial charge in [0.1, 0.15) is 6.61 Å². The van der Waals surface area contributed by atoms with Crippen molar-refractivity contribution in [3.63, 3.8) is 0 Å². The number of ether oxygens (including phenoxy) is 2. The zero-order valence-corrected chi connectivity index (χ0v) is 21.2. The molecule has 4 rings (SSSR count). The molecule has 0 aromatic heterocycles. The van der Waals surface area contributed by atoms with Crippen LogP contribution >= 0.6 is 11.6 Å². The average Bonchev–Trinajstić information content (AvgIpc) is 3.25. The van der Waals surface area contributed by atoms with E-state index in [1.807, 2.05) is 31.2 Å². The first-order valence-electron chi connectivity index (χ1n) is 11.5. The molecular formula is C27H28ClN3O5. The Morgan fingerprint density at radius 2 is 1.92 bits per heavy atom. The summed E-state index contributed by atoms with van der Waals surface area (Å²) in [5.41, 5.74) is 6.40. The van der Waals surface area contributed by atoms with Gasteiger partial charge in [-0.25, -0.2) is 0 Å². The van der Waals surface area contributed by atoms with Crippen molar-refractivity contribution >= 4 is 35.1 Å². The maximum atomic E-state index is 11.9. The van der Waals surface area contributed by atoms with Crippen LogP contribution in [0.3, 0.4) is 0 Å². The van der Waals surface area contributed by atoms with Crippen LogP contribution in [0.1, 0.15) is 27.8 Å². The molecule has 0 saturated carbocycles. The van der Waals surface area contributed by atoms with Crippen LogP contribution in [-0.2, 0) is 23.7 Å². The van der Waals surface area contributed by atoms with Crippen molar-refractivity contribution in [1.29, 1.82) is 0 Å². The van der Waals surface area contributed by atoms with Crippen LogP contribution in [0.15, 0.2) is 48.5 Å². The lowest BCUT2D eigenvalue weighted by molar-refractivity contribution is -0.385. The Labute approximate surface area is 214 Å². The number of nitro groups is 1. The summed E-state index contributed by atoms with van der Waals surface area (Å²) in [7, 11) is 1.56. The van der Waals surface area contributed by atoms with E-state index in [0.29, 0.717) is 29.2 Å². The topological polar surface area (TPSA) is 93.9 Å². The largest absolute Gasteiger partial charge is 0.493 e. The number of hydrogen-bond donors (Lipinski definition) is 1. The molecule has 1 atom stereocenters. The van der Waals surface area contributed by atoms with Gasteiger partial charge in [0.2, 0.25) is 6.41 Å². The van der Waals surface area contributed by atoms with Crippen LogP contribution in [0, 0.1) is 24.0 Å². The highest BCUT2D eigenvalue weighted by molar-refractivity contribution is 6.17. The summed E-state index contributed by atoms with van der Waals surface area (Å²) in [5.74, 6) is 1.22. The van der Waals surface area contributed by atoms with Crippen molar-refractivity contribution < 1.29 is 19.2 Å². The van der Waals surface area contributed by atoms with E-state index >= 15 is 0 Å². The third kappa shape index (κ3) is 5.23. The number of rotatable bonds is 10. The lowest BCUT2D eigenvalue weighted by Crippen LogP contribution is -2.36. The number of nitrogens with one attached hydrogen (secondary N) is 1. The van der Waals surface area contributed by atoms with Crippen molar-refractivity contribution in [3.05, 3.63) is 86.5 Å². The molecule has 9 heteroatoms. The van der Waals surface area contributed by atoms with Crippen molar-refractivity contribution in [1.82, 2.24) is 0 Å². The maximum absolute atomic E-state index is 11.9. The van der Waals surface area contributed by atoms with Gasteiger partial charge in [-0.3, -0.25) is 14.9 Å². The van der Waals surface area contributed by atoms with Gasteiger partial charge in [-0.2, -0.15) is 0 Å². The Morgan fingerprint density at radius 3 is 2.61 bits per heavy atom. The third-order valence-electron chi connectivity index (χ3n) is 6.45. The molecule has 188 valence electrons. The Morgan fingerprint density at radius 1 is 1.14 bits per heavy atom. The number of fused-ring (bicyclic) bond motifs is 1. The van der Waals surface area contributed by atoms with Crippen LogP contribution < -0.4 is 19.7 Å². The van der Waals surface area contributed by atoms with Crippen LogP contribution in [0.25, 0.3) is 0 Å². The number of non-ortho nitro benzene ring substituents is 1. The summed E-state index contributed by atoms with van der Waals surface area (Å²) in [6.07, 6.45) is 1.67. The lowest BCUT2D eigenvalue weighted by Gasteiger charge is -2.23. The Bertz CT molecular complexity index is 1300. The number of hydrogen-bond acceptors (Lipinski definition) is 6. The molecule has 1 aliphatic rings. The van der Waals surface area contributed by atoms with Crippen LogP contribution in [-0.4, -0.2) is 31.0 Å². The zero-order valence-electron chi connectivity index (χ0n) is 20.4. The van der Waals surface area contributed by atoms with Gasteiger partial charge in [-0.05, 0) is 60.2 Å². The second-order valence-corrected chi connectivity index (χ2v) is 9.10. The Hall–Kier alpha value is -3.78. The van der Waals surface area contributed by atoms with Gasteiger partial charge in [0, 0.05) is 42.0 Å². The van der Waals surface area contributed by atoms with E-state index in [4.69, 9.17) is 21.1 Å². The monoisotopic (exact) mass is 509 g/mol. The number of nitrogens with zero attached hydrogens (tertiary/aromatic N) is 2. The number of nitro benzene ring substituents is 1. The summed E-state index contributed by atoms with van der Waals surface area (Å²) in [5, 5.41) is 14.7. The molecule has 0 saturated heterocycles. The van der Waals surface area contributed by atoms with Crippen molar-refractivity contribution in [2.75, 3.05) is 23.9 Å². The minimum absolute atomic E-state index is 0.0108. The van der Waals surface area contributed by atoms with Crippen LogP contribution in [0.5, 0.6) is 11.5 Å². The molecule has 0 bridgehead atoms. The van der Waals surface area contributed by atoms with E-state index in [1.54, 1.807) is 18.1 Å². The molecule has 0 spiro atoms. The van der Waals surface area contributed by atoms with Gasteiger partial charge in [-0.1, -0.05) is 18.2 Å². The lowest BCUT2D eigenvalue weighted by atomic mass is 10.0. The van der Waals surface area contributed by atoms with Gasteiger partial charge < -0.3 is 19.7 Å². The number of anilines is 2. The normalized spacial score (nSPS) is 14.3. The number of benzene rings is 3. The van der Waals surface area contributed by atoms with Crippen molar-refractivity contribution in [2.45, 2.75) is 38.8 Å². The van der Waals surface area contributed by atoms with Gasteiger partial charge in [0.25, 0.3) is 5.69 Å². The first-order chi connectivity index (χ1) is 17.3. The molecule has 1 heterocycles. The molecule has 36 heavy (non-hydrogen) atoms. The average molecular weight is 510 g/mol. The summed E-state index contributed by atoms with van der Waals surface area (Å²) in [6.45, 7) is 4.70. The van der Waals surface area contributed by atoms with Crippen molar-refractivity contribution in [3.8, 4) is 11.5 Å². The second-order valence-electron chi connectivity index (χ2n) is 8.83. The Balaban J connectivity index is 1.51. The molecule has 3 aromatic rings. The number of aryl methyl sites for hydroxylation is 2. The molecular weight excluding hydrogens is 482 g/mol. The van der Waals surface area contributed by atoms with E-state index in [-0.39, 0.29) is 24.2 Å². The minimum atomic E-state index is -0.445. The summed E-state index contributed by atoms with van der Waals surface area (Å²) < 4.78 is 11.5. The zero-order chi connectivity index (χ0) is 25.8. The highest BCUT2D eigenvalue weighted by Gasteiger charge is 2.30. The van der Waals surface area contributed by atoms with Crippen LogP contribution in [0.4, 0.5) is 17.1 Å². The predicted octanol–water partition coefficient (Wildman–Crippen LogP) is 5.54. The predicted molar refractivity (Wildman–Crippen MR) is 140 cm³/mol. The molecule has 1 N–H and O–H groups in total. The number of methoxy groups -OCH3 is 1. The number of carbonyl (C=O) groups is 1. The molecule has 8 nitrogen and oxygen atoms in total. The minimum Gasteiger partial charge on any atom is -0.493 e. The van der Waals surface area contributed by atoms with Crippen LogP contribution in [0.2, 0.25) is 0 Å². The molecule has 3 aromatic carbocycles. The number of halogens is 1. The highest BCUT2D eigenvalue weighted by atomic mass is 35.5. The quantitative estimate of drug-likeness (QED) is 0.167. The standard InChI is InChI=1S/C27H28ClN3O5/c1-17-5-4-6-25-23(17)11-22(30(25)16-32)14-29-24-12-27(26(35-3)7-18(24)2)36-15-20-8-19(13-28)9-21(10-20)31(33)34/h4-10,12,16,22,29H,11,13-15H2,1-3H3. The first-order valence-corrected chi connectivity index (χ1v) is 12.1. The fourth-order valence-electron chi connectivity index (χ4n) is 4.56. The SMILES string of the molecule is COc1cc(C)c(NCC2Cc3c(C)cccc3N2C=O)cc1OCc1cc(CCl)cc([N+](=O)[O-])c1. The third-order valence-corrected chi connectivity index (χ3v) is 6.75. The van der Waals surface area contributed by atoms with Gasteiger partial charge >= 0.3 is 0 Å². The van der Waals surface area contributed by atoms with Gasteiger partial charge in [0.05, 0.1) is 18.1 Å². The van der Waals surface area contributed by atoms with E-state index in [9.17, 15) is 14.9 Å². The molecule has 1 aliphatic heterocycles. The summed E-state index contributed by atoms with van der Waals surface area (Å²) in [4.78, 5) is 24.4. The molecule has 0 aliphatic carbocycles. The van der Waals surface area contributed by atoms with E-state index < -0.39 is 4.92 Å². The number of carbonyl (C=O) groups excluding carboxylic acids is 1. The van der Waals surface area contributed by atoms with Gasteiger partial charge in [0.15, 0.2) is 11.5 Å². The molecule has 0 radical (unpaired) electrons. The smallest absolute Gasteiger partial charge is 0.270 e. The van der Waals surface area contributed by atoms with E-state index in [1.165, 1.54) is 23.3 Å². The molecule has 0 fully saturated rings. The van der Waals surface area contributed by atoms with Crippen molar-refractivity contribution in [2.24, 2.45) is 0 Å². The molecule has 1 unspecified atom stereocenters. The van der Waals surface area contributed by atoms with E-state index in [0.717, 1.165) is 29.8 Å². The Kier molecular flexibility index (Phi) is 7.64. The number of alkyl halides is 1. The van der Waals surface area contributed by atoms with Gasteiger partial charge in [-0.15, -0.1) is 11.6 Å².